The molecule has 2 heterocycles. The van der Waals surface area contributed by atoms with Crippen LogP contribution in [0.2, 0.25) is 0 Å². The molecule has 0 spiro atoms. The van der Waals surface area contributed by atoms with E-state index in [9.17, 15) is 19.8 Å². The summed E-state index contributed by atoms with van der Waals surface area (Å²) in [5.74, 6) is -0.160. The number of nitrogens with zero attached hydrogens (tertiary/aromatic N) is 1. The molecule has 2 unspecified atom stereocenters. The van der Waals surface area contributed by atoms with E-state index in [1.807, 2.05) is 60.7 Å². The minimum absolute atomic E-state index is 0.0726. The molecule has 0 bridgehead atoms. The molecule has 2 amide bonds. The molecule has 6 heteroatoms. The van der Waals surface area contributed by atoms with Crippen LogP contribution < -0.4 is 5.32 Å². The molecule has 0 saturated carbocycles. The maximum atomic E-state index is 12.4. The summed E-state index contributed by atoms with van der Waals surface area (Å²) in [5.41, 5.74) is 8.52. The van der Waals surface area contributed by atoms with E-state index in [0.717, 1.165) is 36.8 Å². The molecule has 3 N–H and O–H groups in total. The fourth-order valence-corrected chi connectivity index (χ4v) is 6.93. The minimum Gasteiger partial charge on any atom is -0.391 e. The lowest BCUT2D eigenvalue weighted by Gasteiger charge is -2.23. The zero-order chi connectivity index (χ0) is 33.6. The third-order valence-electron chi connectivity index (χ3n) is 9.69. The average Bonchev–Trinajstić information content (AvgIpc) is 3.66. The van der Waals surface area contributed by atoms with Crippen LogP contribution in [0.5, 0.6) is 0 Å². The van der Waals surface area contributed by atoms with E-state index in [2.05, 4.69) is 67.7 Å². The SMILES string of the molecule is CCc1ccc(CCC(O)[C@@H]2NC(=O)c3ccccc32)cc1CC.O=C1c2ccccc2CN1C(O)CCc1ccc2ccccc2c1. The van der Waals surface area contributed by atoms with Gasteiger partial charge in [-0.15, -0.1) is 0 Å². The summed E-state index contributed by atoms with van der Waals surface area (Å²) in [4.78, 5) is 25.9. The third-order valence-corrected chi connectivity index (χ3v) is 9.69. The summed E-state index contributed by atoms with van der Waals surface area (Å²) in [6, 6.07) is 36.0. The number of aliphatic hydroxyl groups excluding tert-OH is 2. The Kier molecular flexibility index (Phi) is 10.3. The quantitative estimate of drug-likeness (QED) is 0.149. The zero-order valence-electron chi connectivity index (χ0n) is 27.7. The lowest BCUT2D eigenvalue weighted by molar-refractivity contribution is 0.00489. The molecule has 0 aromatic heterocycles. The Bertz CT molecular complexity index is 1920. The van der Waals surface area contributed by atoms with Crippen molar-refractivity contribution in [1.82, 2.24) is 10.2 Å². The second kappa shape index (κ2) is 15.0. The van der Waals surface area contributed by atoms with Crippen molar-refractivity contribution in [3.05, 3.63) is 154 Å². The third kappa shape index (κ3) is 7.20. The maximum Gasteiger partial charge on any atom is 0.256 e. The van der Waals surface area contributed by atoms with Crippen LogP contribution in [0, 0.1) is 0 Å². The van der Waals surface area contributed by atoms with Crippen LogP contribution >= 0.6 is 0 Å². The summed E-state index contributed by atoms with van der Waals surface area (Å²) in [6.45, 7) is 4.85. The highest BCUT2D eigenvalue weighted by Crippen LogP contribution is 2.30. The van der Waals surface area contributed by atoms with E-state index in [-0.39, 0.29) is 17.9 Å². The molecule has 3 atom stereocenters. The van der Waals surface area contributed by atoms with Crippen LogP contribution in [0.15, 0.2) is 109 Å². The van der Waals surface area contributed by atoms with Crippen molar-refractivity contribution in [1.29, 1.82) is 0 Å². The minimum atomic E-state index is -0.753. The monoisotopic (exact) mass is 640 g/mol. The van der Waals surface area contributed by atoms with Crippen molar-refractivity contribution in [2.24, 2.45) is 0 Å². The van der Waals surface area contributed by atoms with Crippen molar-refractivity contribution < 1.29 is 19.8 Å². The fourth-order valence-electron chi connectivity index (χ4n) is 6.93. The molecule has 2 aliphatic heterocycles. The van der Waals surface area contributed by atoms with Gasteiger partial charge in [0.05, 0.1) is 12.1 Å². The molecule has 0 saturated heterocycles. The number of carbonyl (C=O) groups excluding carboxylic acids is 2. The number of amides is 2. The second-order valence-corrected chi connectivity index (χ2v) is 12.7. The van der Waals surface area contributed by atoms with Crippen molar-refractivity contribution in [3.63, 3.8) is 0 Å². The van der Waals surface area contributed by atoms with Gasteiger partial charge in [0.25, 0.3) is 11.8 Å². The summed E-state index contributed by atoms with van der Waals surface area (Å²) in [6.07, 6.45) is 3.48. The van der Waals surface area contributed by atoms with Crippen LogP contribution in [0.4, 0.5) is 0 Å². The van der Waals surface area contributed by atoms with Crippen molar-refractivity contribution in [3.8, 4) is 0 Å². The molecule has 7 rings (SSSR count). The highest BCUT2D eigenvalue weighted by Gasteiger charge is 2.33. The van der Waals surface area contributed by atoms with Crippen LogP contribution in [0.1, 0.15) is 86.8 Å². The second-order valence-electron chi connectivity index (χ2n) is 12.7. The number of rotatable bonds is 10. The van der Waals surface area contributed by atoms with Gasteiger partial charge in [0, 0.05) is 17.7 Å². The Labute approximate surface area is 283 Å². The Morgan fingerprint density at radius 1 is 0.708 bits per heavy atom. The number of aliphatic hydroxyl groups is 2. The summed E-state index contributed by atoms with van der Waals surface area (Å²) in [5, 5.41) is 26.4. The van der Waals surface area contributed by atoms with Crippen LogP contribution in [0.3, 0.4) is 0 Å². The first-order chi connectivity index (χ1) is 23.4. The van der Waals surface area contributed by atoms with Gasteiger partial charge >= 0.3 is 0 Å². The molecule has 48 heavy (non-hydrogen) atoms. The highest BCUT2D eigenvalue weighted by molar-refractivity contribution is 5.99. The topological polar surface area (TPSA) is 89.9 Å². The number of benzene rings is 5. The fraction of sp³-hybridized carbons (Fsp3) is 0.286. The standard InChI is InChI=1S/C21H19NO2.C21H25NO2/c23-20(22-14-18-7-3-4-8-19(18)21(22)24)12-10-15-9-11-16-5-1-2-6-17(16)13-15;1-3-15-11-9-14(13-16(15)4-2)10-12-19(23)20-17-7-5-6-8-18(17)21(24)22-20/h1-9,11,13,20,23H,10,12,14H2;5-9,11,13,19-20,23H,3-4,10,12H2,1-2H3,(H,22,24)/t;19?,20-/m.1/s1. The number of fused-ring (bicyclic) bond motifs is 3. The van der Waals surface area contributed by atoms with Gasteiger partial charge in [-0.1, -0.05) is 111 Å². The van der Waals surface area contributed by atoms with Gasteiger partial charge in [-0.05, 0) is 94.8 Å². The lowest BCUT2D eigenvalue weighted by atomic mass is 9.94. The van der Waals surface area contributed by atoms with Crippen molar-refractivity contribution in [2.75, 3.05) is 0 Å². The molecule has 6 nitrogen and oxygen atoms in total. The summed E-state index contributed by atoms with van der Waals surface area (Å²) >= 11 is 0. The first kappa shape index (κ1) is 33.1. The maximum absolute atomic E-state index is 12.4. The van der Waals surface area contributed by atoms with E-state index in [4.69, 9.17) is 0 Å². The normalized spacial score (nSPS) is 16.2. The Balaban J connectivity index is 0.000000167. The van der Waals surface area contributed by atoms with Gasteiger partial charge < -0.3 is 20.4 Å². The summed E-state index contributed by atoms with van der Waals surface area (Å²) in [7, 11) is 0. The van der Waals surface area contributed by atoms with Crippen molar-refractivity contribution in [2.45, 2.75) is 77.3 Å². The van der Waals surface area contributed by atoms with E-state index >= 15 is 0 Å². The molecule has 5 aromatic carbocycles. The highest BCUT2D eigenvalue weighted by atomic mass is 16.3. The van der Waals surface area contributed by atoms with Gasteiger partial charge in [-0.2, -0.15) is 0 Å². The smallest absolute Gasteiger partial charge is 0.256 e. The first-order valence-corrected chi connectivity index (χ1v) is 17.1. The molecule has 0 fully saturated rings. The Morgan fingerprint density at radius 3 is 2.12 bits per heavy atom. The molecule has 5 aromatic rings. The molecule has 246 valence electrons. The van der Waals surface area contributed by atoms with Gasteiger partial charge in [0.2, 0.25) is 0 Å². The van der Waals surface area contributed by atoms with Gasteiger partial charge in [0.1, 0.15) is 6.23 Å². The van der Waals surface area contributed by atoms with Crippen LogP contribution in [-0.4, -0.2) is 39.3 Å². The van der Waals surface area contributed by atoms with Gasteiger partial charge in [0.15, 0.2) is 0 Å². The number of aryl methyl sites for hydroxylation is 4. The lowest BCUT2D eigenvalue weighted by Crippen LogP contribution is -2.35. The predicted octanol–water partition coefficient (Wildman–Crippen LogP) is 7.34. The molecule has 0 radical (unpaired) electrons. The molecular weight excluding hydrogens is 596 g/mol. The largest absolute Gasteiger partial charge is 0.391 e. The van der Waals surface area contributed by atoms with Gasteiger partial charge in [-0.3, -0.25) is 9.59 Å². The van der Waals surface area contributed by atoms with E-state index in [0.29, 0.717) is 30.5 Å². The van der Waals surface area contributed by atoms with Gasteiger partial charge in [-0.25, -0.2) is 0 Å². The molecular formula is C42H44N2O4. The van der Waals surface area contributed by atoms with Crippen LogP contribution in [-0.2, 0) is 32.2 Å². The zero-order valence-corrected chi connectivity index (χ0v) is 27.7. The number of carbonyl (C=O) groups is 2. The van der Waals surface area contributed by atoms with Crippen molar-refractivity contribution >= 4 is 22.6 Å². The summed E-state index contributed by atoms with van der Waals surface area (Å²) < 4.78 is 0. The Hall–Kier alpha value is -4.78. The molecule has 0 aliphatic carbocycles. The predicted molar refractivity (Wildman–Crippen MR) is 191 cm³/mol. The Morgan fingerprint density at radius 2 is 1.35 bits per heavy atom. The number of nitrogens with one attached hydrogen (secondary N) is 1. The van der Waals surface area contributed by atoms with E-state index in [1.165, 1.54) is 33.0 Å². The first-order valence-electron chi connectivity index (χ1n) is 17.1. The number of hydrogen-bond donors (Lipinski definition) is 3. The molecule has 2 aliphatic rings. The average molecular weight is 641 g/mol. The van der Waals surface area contributed by atoms with Crippen LogP contribution in [0.25, 0.3) is 10.8 Å². The van der Waals surface area contributed by atoms with E-state index in [1.54, 1.807) is 4.90 Å². The van der Waals surface area contributed by atoms with E-state index < -0.39 is 12.3 Å². The number of hydrogen-bond acceptors (Lipinski definition) is 4.